The number of anilines is 1. The molecule has 2 aromatic carbocycles. The summed E-state index contributed by atoms with van der Waals surface area (Å²) >= 11 is 0. The van der Waals surface area contributed by atoms with Gasteiger partial charge in [-0.1, -0.05) is 18.2 Å². The quantitative estimate of drug-likeness (QED) is 0.662. The maximum Gasteiger partial charge on any atom is 0.419 e. The van der Waals surface area contributed by atoms with E-state index >= 15 is 0 Å². The normalized spacial score (nSPS) is 14.4. The molecule has 0 spiro atoms. The van der Waals surface area contributed by atoms with Crippen LogP contribution in [0, 0.1) is 0 Å². The fourth-order valence-corrected chi connectivity index (χ4v) is 3.69. The minimum atomic E-state index is -0.390. The number of rotatable bonds is 7. The number of para-hydroxylation sites is 2. The average molecular weight is 380 g/mol. The second kappa shape index (κ2) is 8.33. The molecule has 0 aliphatic heterocycles. The van der Waals surface area contributed by atoms with Gasteiger partial charge in [0.2, 0.25) is 5.91 Å². The highest BCUT2D eigenvalue weighted by Gasteiger charge is 2.16. The van der Waals surface area contributed by atoms with Crippen molar-refractivity contribution in [3.05, 3.63) is 59.1 Å². The van der Waals surface area contributed by atoms with Crippen LogP contribution < -0.4 is 15.8 Å². The van der Waals surface area contributed by atoms with Gasteiger partial charge in [0.15, 0.2) is 5.58 Å². The first kappa shape index (κ1) is 18.3. The number of nitrogens with one attached hydrogen (secondary N) is 1. The number of aryl methyl sites for hydroxylation is 1. The van der Waals surface area contributed by atoms with Crippen molar-refractivity contribution < 1.29 is 13.9 Å². The van der Waals surface area contributed by atoms with E-state index < -0.39 is 5.76 Å². The summed E-state index contributed by atoms with van der Waals surface area (Å²) in [6.07, 6.45) is 5.78. The van der Waals surface area contributed by atoms with Crippen LogP contribution in [0.1, 0.15) is 38.5 Å². The predicted molar refractivity (Wildman–Crippen MR) is 108 cm³/mol. The van der Waals surface area contributed by atoms with Crippen molar-refractivity contribution in [2.24, 2.45) is 0 Å². The van der Waals surface area contributed by atoms with Gasteiger partial charge in [0, 0.05) is 24.7 Å². The monoisotopic (exact) mass is 380 g/mol. The molecule has 4 rings (SSSR count). The first-order chi connectivity index (χ1) is 13.7. The molecule has 146 valence electrons. The Kier molecular flexibility index (Phi) is 5.46. The number of carbonyl (C=O) groups is 1. The van der Waals surface area contributed by atoms with Crippen molar-refractivity contribution in [1.29, 1.82) is 0 Å². The van der Waals surface area contributed by atoms with E-state index in [0.717, 1.165) is 29.8 Å². The number of hydrogen-bond acceptors (Lipinski definition) is 4. The van der Waals surface area contributed by atoms with Gasteiger partial charge in [0.1, 0.15) is 5.75 Å². The number of benzene rings is 2. The maximum atomic E-state index is 12.3. The second-order valence-electron chi connectivity index (χ2n) is 7.19. The van der Waals surface area contributed by atoms with E-state index in [1.807, 2.05) is 42.5 Å². The van der Waals surface area contributed by atoms with E-state index in [9.17, 15) is 9.59 Å². The lowest BCUT2D eigenvalue weighted by Crippen LogP contribution is -2.17. The standard InChI is InChI=1S/C22H24N2O4/c25-21(13-6-14-24-19-11-3-4-12-20(19)28-22(24)26)23-16-7-5-10-18(15-16)27-17-8-1-2-9-17/h3-5,7,10-12,15,17H,1-2,6,8-9,13-14H2,(H,23,25). The van der Waals surface area contributed by atoms with E-state index in [2.05, 4.69) is 5.32 Å². The Hall–Kier alpha value is -3.02. The van der Waals surface area contributed by atoms with Crippen molar-refractivity contribution >= 4 is 22.7 Å². The Labute approximate surface area is 163 Å². The Morgan fingerprint density at radius 3 is 2.82 bits per heavy atom. The van der Waals surface area contributed by atoms with Crippen LogP contribution in [0.5, 0.6) is 5.75 Å². The minimum Gasteiger partial charge on any atom is -0.490 e. The summed E-state index contributed by atoms with van der Waals surface area (Å²) in [4.78, 5) is 24.2. The molecule has 1 heterocycles. The number of ether oxygens (including phenoxy) is 1. The number of fused-ring (bicyclic) bond motifs is 1. The van der Waals surface area contributed by atoms with E-state index in [0.29, 0.717) is 25.0 Å². The van der Waals surface area contributed by atoms with Crippen LogP contribution in [0.15, 0.2) is 57.7 Å². The average Bonchev–Trinajstić information content (AvgIpc) is 3.30. The van der Waals surface area contributed by atoms with Crippen LogP contribution in [-0.2, 0) is 11.3 Å². The molecule has 1 amide bonds. The number of aromatic nitrogens is 1. The molecule has 6 heteroatoms. The molecule has 3 aromatic rings. The minimum absolute atomic E-state index is 0.0844. The first-order valence-corrected chi connectivity index (χ1v) is 9.84. The third-order valence-electron chi connectivity index (χ3n) is 5.08. The van der Waals surface area contributed by atoms with Crippen LogP contribution in [0.25, 0.3) is 11.1 Å². The van der Waals surface area contributed by atoms with E-state index in [4.69, 9.17) is 9.15 Å². The molecule has 0 saturated heterocycles. The molecular formula is C22H24N2O4. The summed E-state index contributed by atoms with van der Waals surface area (Å²) in [5.41, 5.74) is 2.05. The van der Waals surface area contributed by atoms with Crippen LogP contribution in [0.4, 0.5) is 5.69 Å². The lowest BCUT2D eigenvalue weighted by molar-refractivity contribution is -0.116. The van der Waals surface area contributed by atoms with E-state index in [1.54, 1.807) is 10.6 Å². The molecule has 0 unspecified atom stereocenters. The van der Waals surface area contributed by atoms with Gasteiger partial charge in [-0.2, -0.15) is 0 Å². The lowest BCUT2D eigenvalue weighted by atomic mass is 10.2. The number of nitrogens with zero attached hydrogens (tertiary/aromatic N) is 1. The van der Waals surface area contributed by atoms with Crippen molar-refractivity contribution in [2.45, 2.75) is 51.2 Å². The van der Waals surface area contributed by atoms with Gasteiger partial charge in [0.05, 0.1) is 11.6 Å². The number of amides is 1. The highest BCUT2D eigenvalue weighted by molar-refractivity contribution is 5.90. The summed E-state index contributed by atoms with van der Waals surface area (Å²) in [7, 11) is 0. The van der Waals surface area contributed by atoms with Crippen molar-refractivity contribution in [1.82, 2.24) is 4.57 Å². The van der Waals surface area contributed by atoms with Gasteiger partial charge in [-0.3, -0.25) is 9.36 Å². The molecule has 1 aliphatic rings. The van der Waals surface area contributed by atoms with E-state index in [-0.39, 0.29) is 12.0 Å². The summed E-state index contributed by atoms with van der Waals surface area (Å²) in [6.45, 7) is 0.439. The largest absolute Gasteiger partial charge is 0.490 e. The summed E-state index contributed by atoms with van der Waals surface area (Å²) in [5, 5.41) is 2.91. The van der Waals surface area contributed by atoms with Crippen molar-refractivity contribution in [2.75, 3.05) is 5.32 Å². The number of oxazole rings is 1. The molecule has 1 aliphatic carbocycles. The fourth-order valence-electron chi connectivity index (χ4n) is 3.69. The zero-order valence-electron chi connectivity index (χ0n) is 15.7. The third-order valence-corrected chi connectivity index (χ3v) is 5.08. The SMILES string of the molecule is O=C(CCCn1c(=O)oc2ccccc21)Nc1cccc(OC2CCCC2)c1. The maximum absolute atomic E-state index is 12.3. The lowest BCUT2D eigenvalue weighted by Gasteiger charge is -2.14. The fraction of sp³-hybridized carbons (Fsp3) is 0.364. The number of hydrogen-bond donors (Lipinski definition) is 1. The van der Waals surface area contributed by atoms with Crippen molar-refractivity contribution in [3.63, 3.8) is 0 Å². The molecule has 0 radical (unpaired) electrons. The van der Waals surface area contributed by atoms with Crippen LogP contribution in [0.3, 0.4) is 0 Å². The molecule has 1 fully saturated rings. The first-order valence-electron chi connectivity index (χ1n) is 9.84. The predicted octanol–water partition coefficient (Wildman–Crippen LogP) is 4.33. The van der Waals surface area contributed by atoms with E-state index in [1.165, 1.54) is 12.8 Å². The summed E-state index contributed by atoms with van der Waals surface area (Å²) in [6, 6.07) is 14.8. The smallest absolute Gasteiger partial charge is 0.419 e. The Morgan fingerprint density at radius 1 is 1.14 bits per heavy atom. The molecule has 28 heavy (non-hydrogen) atoms. The van der Waals surface area contributed by atoms with Crippen LogP contribution >= 0.6 is 0 Å². The van der Waals surface area contributed by atoms with Gasteiger partial charge >= 0.3 is 5.76 Å². The molecule has 1 saturated carbocycles. The molecule has 6 nitrogen and oxygen atoms in total. The molecular weight excluding hydrogens is 356 g/mol. The Morgan fingerprint density at radius 2 is 1.96 bits per heavy atom. The van der Waals surface area contributed by atoms with Gasteiger partial charge in [-0.15, -0.1) is 0 Å². The number of carbonyl (C=O) groups excluding carboxylic acids is 1. The second-order valence-corrected chi connectivity index (χ2v) is 7.19. The molecule has 1 N–H and O–H groups in total. The molecule has 1 aromatic heterocycles. The highest BCUT2D eigenvalue weighted by atomic mass is 16.5. The van der Waals surface area contributed by atoms with Crippen molar-refractivity contribution in [3.8, 4) is 5.75 Å². The summed E-state index contributed by atoms with van der Waals surface area (Å²) < 4.78 is 12.8. The van der Waals surface area contributed by atoms with Crippen LogP contribution in [0.2, 0.25) is 0 Å². The van der Waals surface area contributed by atoms with Gasteiger partial charge < -0.3 is 14.5 Å². The van der Waals surface area contributed by atoms with Gasteiger partial charge in [0.25, 0.3) is 0 Å². The Bertz CT molecular complexity index is 1010. The topological polar surface area (TPSA) is 73.5 Å². The van der Waals surface area contributed by atoms with Crippen LogP contribution in [-0.4, -0.2) is 16.6 Å². The third kappa shape index (κ3) is 4.27. The zero-order chi connectivity index (χ0) is 19.3. The molecule has 0 bridgehead atoms. The van der Waals surface area contributed by atoms with Gasteiger partial charge in [-0.25, -0.2) is 4.79 Å². The molecule has 0 atom stereocenters. The Balaban J connectivity index is 1.31. The highest BCUT2D eigenvalue weighted by Crippen LogP contribution is 2.25. The summed E-state index contributed by atoms with van der Waals surface area (Å²) in [5.74, 6) is 0.318. The van der Waals surface area contributed by atoms with Gasteiger partial charge in [-0.05, 0) is 56.4 Å². The zero-order valence-corrected chi connectivity index (χ0v) is 15.7.